The molecule has 6 nitrogen and oxygen atoms in total. The molecule has 2 rings (SSSR count). The lowest BCUT2D eigenvalue weighted by Gasteiger charge is -2.09. The summed E-state index contributed by atoms with van der Waals surface area (Å²) in [4.78, 5) is 22.1. The van der Waals surface area contributed by atoms with Gasteiger partial charge in [-0.3, -0.25) is 4.79 Å². The van der Waals surface area contributed by atoms with E-state index in [1.807, 2.05) is 38.1 Å². The van der Waals surface area contributed by atoms with E-state index in [2.05, 4.69) is 10.2 Å². The van der Waals surface area contributed by atoms with Gasteiger partial charge in [0, 0.05) is 17.2 Å². The van der Waals surface area contributed by atoms with Crippen molar-refractivity contribution >= 4 is 12.0 Å². The minimum absolute atomic E-state index is 0.0878. The predicted molar refractivity (Wildman–Crippen MR) is 82.7 cm³/mol. The number of nitrogens with one attached hydrogen (secondary N) is 1. The van der Waals surface area contributed by atoms with Crippen molar-refractivity contribution in [2.24, 2.45) is 0 Å². The Bertz CT molecular complexity index is 745. The Hall–Kier alpha value is -2.89. The van der Waals surface area contributed by atoms with Gasteiger partial charge in [-0.15, -0.1) is 0 Å². The van der Waals surface area contributed by atoms with Crippen LogP contribution in [-0.4, -0.2) is 27.4 Å². The zero-order valence-electron chi connectivity index (χ0n) is 12.2. The number of rotatable bonds is 5. The standard InChI is InChI=1S/C16H16N2O4/c1-10(2)22-13-6-3-11(4-7-13)14-9-12(5-8-15(19)20)16(21)18-17-14/h3-10H,1-2H3,(H,18,21)(H,19,20)/b8-5+. The first-order valence-electron chi connectivity index (χ1n) is 6.73. The number of ether oxygens (including phenoxy) is 1. The highest BCUT2D eigenvalue weighted by molar-refractivity contribution is 5.85. The molecule has 0 radical (unpaired) electrons. The van der Waals surface area contributed by atoms with Crippen molar-refractivity contribution in [3.8, 4) is 17.0 Å². The quantitative estimate of drug-likeness (QED) is 0.827. The summed E-state index contributed by atoms with van der Waals surface area (Å²) in [6.07, 6.45) is 2.24. The van der Waals surface area contributed by atoms with Crippen LogP contribution < -0.4 is 10.3 Å². The van der Waals surface area contributed by atoms with Gasteiger partial charge >= 0.3 is 5.97 Å². The average Bonchev–Trinajstić information content (AvgIpc) is 2.46. The number of carboxylic acids is 1. The zero-order chi connectivity index (χ0) is 16.1. The van der Waals surface area contributed by atoms with Crippen LogP contribution in [0.5, 0.6) is 5.75 Å². The second kappa shape index (κ2) is 6.71. The molecular weight excluding hydrogens is 284 g/mol. The third-order valence-corrected chi connectivity index (χ3v) is 2.76. The maximum atomic E-state index is 11.6. The second-order valence-electron chi connectivity index (χ2n) is 4.90. The summed E-state index contributed by atoms with van der Waals surface area (Å²) >= 11 is 0. The van der Waals surface area contributed by atoms with E-state index in [1.54, 1.807) is 0 Å². The van der Waals surface area contributed by atoms with E-state index >= 15 is 0 Å². The van der Waals surface area contributed by atoms with Crippen molar-refractivity contribution in [1.82, 2.24) is 10.2 Å². The van der Waals surface area contributed by atoms with Crippen LogP contribution in [-0.2, 0) is 4.79 Å². The highest BCUT2D eigenvalue weighted by Crippen LogP contribution is 2.21. The molecule has 1 heterocycles. The number of H-pyrrole nitrogens is 1. The molecule has 0 aliphatic carbocycles. The largest absolute Gasteiger partial charge is 0.491 e. The normalized spacial score (nSPS) is 11.0. The molecule has 0 spiro atoms. The number of aromatic nitrogens is 2. The molecule has 22 heavy (non-hydrogen) atoms. The molecule has 1 aromatic heterocycles. The fourth-order valence-electron chi connectivity index (χ4n) is 1.83. The van der Waals surface area contributed by atoms with Crippen LogP contribution >= 0.6 is 0 Å². The first-order valence-corrected chi connectivity index (χ1v) is 6.73. The Morgan fingerprint density at radius 3 is 2.59 bits per heavy atom. The number of hydrogen-bond donors (Lipinski definition) is 2. The first-order chi connectivity index (χ1) is 10.5. The summed E-state index contributed by atoms with van der Waals surface area (Å²) in [5, 5.41) is 14.9. The van der Waals surface area contributed by atoms with Crippen LogP contribution in [0.4, 0.5) is 0 Å². The van der Waals surface area contributed by atoms with Gasteiger partial charge in [-0.2, -0.15) is 5.10 Å². The number of carbonyl (C=O) groups is 1. The van der Waals surface area contributed by atoms with Gasteiger partial charge in [-0.05, 0) is 50.3 Å². The number of aromatic amines is 1. The lowest BCUT2D eigenvalue weighted by molar-refractivity contribution is -0.131. The van der Waals surface area contributed by atoms with Crippen LogP contribution in [0.2, 0.25) is 0 Å². The van der Waals surface area contributed by atoms with Gasteiger partial charge in [0.05, 0.1) is 11.8 Å². The van der Waals surface area contributed by atoms with E-state index in [9.17, 15) is 9.59 Å². The first kappa shape index (κ1) is 15.5. The molecule has 0 fully saturated rings. The SMILES string of the molecule is CC(C)Oc1ccc(-c2cc(/C=C/C(=O)O)c(=O)[nH]n2)cc1. The molecular formula is C16H16N2O4. The topological polar surface area (TPSA) is 92.3 Å². The van der Waals surface area contributed by atoms with E-state index < -0.39 is 11.5 Å². The lowest BCUT2D eigenvalue weighted by Crippen LogP contribution is -2.11. The Morgan fingerprint density at radius 1 is 1.32 bits per heavy atom. The average molecular weight is 300 g/mol. The van der Waals surface area contributed by atoms with Gasteiger partial charge in [-0.25, -0.2) is 9.89 Å². The van der Waals surface area contributed by atoms with E-state index in [0.717, 1.165) is 17.4 Å². The Balaban J connectivity index is 2.31. The minimum Gasteiger partial charge on any atom is -0.491 e. The molecule has 2 aromatic rings. The van der Waals surface area contributed by atoms with E-state index in [1.165, 1.54) is 12.1 Å². The fraction of sp³-hybridized carbons (Fsp3) is 0.188. The van der Waals surface area contributed by atoms with Gasteiger partial charge in [0.25, 0.3) is 5.56 Å². The van der Waals surface area contributed by atoms with Gasteiger partial charge in [0.1, 0.15) is 5.75 Å². The maximum absolute atomic E-state index is 11.6. The summed E-state index contributed by atoms with van der Waals surface area (Å²) in [6, 6.07) is 8.81. The van der Waals surface area contributed by atoms with Crippen molar-refractivity contribution in [2.75, 3.05) is 0 Å². The number of aliphatic carboxylic acids is 1. The van der Waals surface area contributed by atoms with Crippen molar-refractivity contribution in [2.45, 2.75) is 20.0 Å². The molecule has 2 N–H and O–H groups in total. The molecule has 0 bridgehead atoms. The summed E-state index contributed by atoms with van der Waals surface area (Å²) in [7, 11) is 0. The highest BCUT2D eigenvalue weighted by Gasteiger charge is 2.05. The number of nitrogens with zero attached hydrogens (tertiary/aromatic N) is 1. The monoisotopic (exact) mass is 300 g/mol. The summed E-state index contributed by atoms with van der Waals surface area (Å²) in [5.41, 5.74) is 1.12. The van der Waals surface area contributed by atoms with Crippen LogP contribution in [0.15, 0.2) is 41.2 Å². The molecule has 0 saturated heterocycles. The molecule has 0 atom stereocenters. The smallest absolute Gasteiger partial charge is 0.328 e. The number of benzene rings is 1. The molecule has 114 valence electrons. The van der Waals surface area contributed by atoms with Gasteiger partial charge in [0.15, 0.2) is 0 Å². The molecule has 1 aromatic carbocycles. The minimum atomic E-state index is -1.12. The Kier molecular flexibility index (Phi) is 4.73. The van der Waals surface area contributed by atoms with Crippen molar-refractivity contribution in [3.63, 3.8) is 0 Å². The van der Waals surface area contributed by atoms with Gasteiger partial charge in [-0.1, -0.05) is 0 Å². The van der Waals surface area contributed by atoms with Crippen molar-refractivity contribution in [3.05, 3.63) is 52.3 Å². The van der Waals surface area contributed by atoms with E-state index in [-0.39, 0.29) is 11.7 Å². The molecule has 0 aliphatic heterocycles. The fourth-order valence-corrected chi connectivity index (χ4v) is 1.83. The molecule has 0 saturated carbocycles. The van der Waals surface area contributed by atoms with Crippen LogP contribution in [0, 0.1) is 0 Å². The maximum Gasteiger partial charge on any atom is 0.328 e. The molecule has 0 unspecified atom stereocenters. The van der Waals surface area contributed by atoms with E-state index in [4.69, 9.17) is 9.84 Å². The van der Waals surface area contributed by atoms with Crippen LogP contribution in [0.1, 0.15) is 19.4 Å². The third-order valence-electron chi connectivity index (χ3n) is 2.76. The molecule has 0 aliphatic rings. The van der Waals surface area contributed by atoms with Gasteiger partial charge < -0.3 is 9.84 Å². The van der Waals surface area contributed by atoms with Crippen LogP contribution in [0.3, 0.4) is 0 Å². The molecule has 0 amide bonds. The Morgan fingerprint density at radius 2 is 2.00 bits per heavy atom. The van der Waals surface area contributed by atoms with Crippen LogP contribution in [0.25, 0.3) is 17.3 Å². The highest BCUT2D eigenvalue weighted by atomic mass is 16.5. The van der Waals surface area contributed by atoms with E-state index in [0.29, 0.717) is 5.69 Å². The summed E-state index contributed by atoms with van der Waals surface area (Å²) in [5.74, 6) is -0.373. The number of hydrogen-bond acceptors (Lipinski definition) is 4. The summed E-state index contributed by atoms with van der Waals surface area (Å²) < 4.78 is 5.56. The number of carboxylic acid groups (broad SMARTS) is 1. The zero-order valence-corrected chi connectivity index (χ0v) is 12.2. The summed E-state index contributed by atoms with van der Waals surface area (Å²) in [6.45, 7) is 3.89. The van der Waals surface area contributed by atoms with Gasteiger partial charge in [0.2, 0.25) is 0 Å². The van der Waals surface area contributed by atoms with Crippen molar-refractivity contribution in [1.29, 1.82) is 0 Å². The van der Waals surface area contributed by atoms with Crippen molar-refractivity contribution < 1.29 is 14.6 Å². The lowest BCUT2D eigenvalue weighted by atomic mass is 10.1. The second-order valence-corrected chi connectivity index (χ2v) is 4.90. The molecule has 6 heteroatoms. The predicted octanol–water partition coefficient (Wildman–Crippen LogP) is 2.32. The third kappa shape index (κ3) is 4.05. The Labute approximate surface area is 127 Å².